The molecule has 0 aliphatic heterocycles. The Kier molecular flexibility index (Phi) is 21.8. The Morgan fingerprint density at radius 2 is 1.38 bits per heavy atom. The number of imidazole rings is 1. The third-order valence-electron chi connectivity index (χ3n) is 10.4. The number of thiophene rings is 1. The zero-order valence-corrected chi connectivity index (χ0v) is 41.8. The van der Waals surface area contributed by atoms with Crippen LogP contribution in [-0.4, -0.2) is 23.3 Å². The van der Waals surface area contributed by atoms with Crippen LogP contribution < -0.4 is 10.6 Å². The molecule has 0 saturated carbocycles. The average molecular weight is 907 g/mol. The first kappa shape index (κ1) is 52.0. The summed E-state index contributed by atoms with van der Waals surface area (Å²) in [5.74, 6) is 2.85. The largest absolute Gasteiger partial charge is 0.333 e. The molecule has 2 aromatic heterocycles. The SMILES string of the molecule is C=C/C=C(\C=C/C)C(=C)/C=C(\C=C)c1ccc(N(c2ccc(-c3csc4ccccc34)cc2)c2ccc(-c3nc4ccccc4n3C3=CC=CCC3)cc2)cc1.C=CPC.CC.CC.CN. The second-order valence-electron chi connectivity index (χ2n) is 14.2. The third kappa shape index (κ3) is 12.8. The number of para-hydroxylation sites is 2. The number of fused-ring (bicyclic) bond motifs is 2. The van der Waals surface area contributed by atoms with Crippen molar-refractivity contribution in [3.63, 3.8) is 0 Å². The van der Waals surface area contributed by atoms with E-state index in [2.05, 4.69) is 199 Å². The van der Waals surface area contributed by atoms with E-state index < -0.39 is 0 Å². The Bertz CT molecular complexity index is 2810. The minimum atomic E-state index is 0.895. The first-order chi connectivity index (χ1) is 32.5. The average Bonchev–Trinajstić information content (AvgIpc) is 4.01. The fourth-order valence-electron chi connectivity index (χ4n) is 7.40. The number of rotatable bonds is 13. The highest BCUT2D eigenvalue weighted by molar-refractivity contribution is 7.40. The lowest BCUT2D eigenvalue weighted by atomic mass is 9.98. The van der Waals surface area contributed by atoms with Gasteiger partial charge in [0.05, 0.1) is 11.0 Å². The lowest BCUT2D eigenvalue weighted by Gasteiger charge is -2.26. The Hall–Kier alpha value is -6.62. The highest BCUT2D eigenvalue weighted by atomic mass is 32.1. The summed E-state index contributed by atoms with van der Waals surface area (Å²) in [6, 6.07) is 43.4. The molecule has 1 unspecified atom stereocenters. The molecule has 7 aromatic rings. The Labute approximate surface area is 401 Å². The van der Waals surface area contributed by atoms with Crippen LogP contribution in [-0.2, 0) is 0 Å². The Morgan fingerprint density at radius 1 is 0.788 bits per heavy atom. The van der Waals surface area contributed by atoms with Crippen LogP contribution in [0.1, 0.15) is 53.0 Å². The molecular weight excluding hydrogens is 840 g/mol. The van der Waals surface area contributed by atoms with Crippen LogP contribution in [0.25, 0.3) is 54.9 Å². The number of nitrogens with zero attached hydrogens (tertiary/aromatic N) is 3. The van der Waals surface area contributed by atoms with Gasteiger partial charge in [0.15, 0.2) is 0 Å². The van der Waals surface area contributed by atoms with E-state index in [0.717, 1.165) is 83.2 Å². The Morgan fingerprint density at radius 3 is 1.95 bits per heavy atom. The fraction of sp³-hybridized carbons (Fsp3) is 0.150. The molecule has 4 nitrogen and oxygen atoms in total. The third-order valence-corrected chi connectivity index (χ3v) is 11.7. The fourth-order valence-corrected chi connectivity index (χ4v) is 8.37. The second-order valence-corrected chi connectivity index (χ2v) is 16.1. The van der Waals surface area contributed by atoms with E-state index in [-0.39, 0.29) is 0 Å². The van der Waals surface area contributed by atoms with E-state index in [1.165, 1.54) is 34.0 Å². The highest BCUT2D eigenvalue weighted by Gasteiger charge is 2.19. The van der Waals surface area contributed by atoms with Gasteiger partial charge in [0.1, 0.15) is 5.82 Å². The molecule has 0 bridgehead atoms. The summed E-state index contributed by atoms with van der Waals surface area (Å²) in [7, 11) is 2.40. The number of aromatic nitrogens is 2. The van der Waals surface area contributed by atoms with Crippen molar-refractivity contribution >= 4 is 69.4 Å². The van der Waals surface area contributed by atoms with Gasteiger partial charge >= 0.3 is 0 Å². The minimum absolute atomic E-state index is 0.895. The van der Waals surface area contributed by atoms with E-state index in [1.54, 1.807) is 17.4 Å². The highest BCUT2D eigenvalue weighted by Crippen LogP contribution is 2.40. The molecule has 66 heavy (non-hydrogen) atoms. The number of hydrogen-bond donors (Lipinski definition) is 1. The summed E-state index contributed by atoms with van der Waals surface area (Å²) in [4.78, 5) is 7.46. The molecule has 2 N–H and O–H groups in total. The van der Waals surface area contributed by atoms with Crippen molar-refractivity contribution in [3.8, 4) is 22.5 Å². The van der Waals surface area contributed by atoms with Crippen molar-refractivity contribution in [2.24, 2.45) is 5.73 Å². The van der Waals surface area contributed by atoms with Crippen LogP contribution in [0.15, 0.2) is 225 Å². The molecule has 1 atom stereocenters. The maximum Gasteiger partial charge on any atom is 0.145 e. The molecule has 0 saturated heterocycles. The van der Waals surface area contributed by atoms with Crippen molar-refractivity contribution in [1.29, 1.82) is 0 Å². The molecule has 0 radical (unpaired) electrons. The van der Waals surface area contributed by atoms with E-state index in [0.29, 0.717) is 0 Å². The number of allylic oxidation sites excluding steroid dienone is 13. The van der Waals surface area contributed by atoms with Gasteiger partial charge in [-0.1, -0.05) is 157 Å². The van der Waals surface area contributed by atoms with Crippen LogP contribution >= 0.6 is 19.9 Å². The van der Waals surface area contributed by atoms with Crippen LogP contribution in [0.4, 0.5) is 17.1 Å². The van der Waals surface area contributed by atoms with E-state index in [9.17, 15) is 0 Å². The van der Waals surface area contributed by atoms with Gasteiger partial charge in [-0.25, -0.2) is 4.98 Å². The van der Waals surface area contributed by atoms with Gasteiger partial charge in [-0.05, 0) is 146 Å². The minimum Gasteiger partial charge on any atom is -0.333 e. The van der Waals surface area contributed by atoms with Crippen LogP contribution in [0, 0.1) is 0 Å². The molecule has 1 aliphatic rings. The standard InChI is InChI=1S/C52H43N3S.C3H7P.2C2H6.CH5N/c1-5-15-39(16-6-2)37(4)35-38(7-3)40-23-29-44(30-24-40)54(45-31-25-41(26-32-45)48-36-56-51-22-14-11-19-47(48)51)46-33-27-42(28-34-46)52-53-49-20-12-13-21-50(49)55(52)43-17-9-8-10-18-43;1-3-4-2;3*1-2/h5-9,11-17,19-36H,1,3-4,10,18H2,2H3;3-4H,1H2,2H3;2*1-2H3;2H2,1H3/b16-6-,38-35+,39-15+;;;;. The summed E-state index contributed by atoms with van der Waals surface area (Å²) >= 11 is 1.79. The molecule has 1 aliphatic carbocycles. The summed E-state index contributed by atoms with van der Waals surface area (Å²) in [5.41, 5.74) is 18.5. The molecule has 0 amide bonds. The first-order valence-corrected chi connectivity index (χ1v) is 25.2. The number of nitrogens with two attached hydrogens (primary N) is 1. The maximum atomic E-state index is 5.14. The van der Waals surface area contributed by atoms with Gasteiger partial charge in [0, 0.05) is 44.0 Å². The zero-order valence-electron chi connectivity index (χ0n) is 40.0. The van der Waals surface area contributed by atoms with Crippen LogP contribution in [0.3, 0.4) is 0 Å². The van der Waals surface area contributed by atoms with Crippen molar-refractivity contribution in [1.82, 2.24) is 9.55 Å². The quantitative estimate of drug-likeness (QED) is 0.0926. The summed E-state index contributed by atoms with van der Waals surface area (Å²) in [6.45, 7) is 27.9. The summed E-state index contributed by atoms with van der Waals surface area (Å²) in [5, 5.41) is 3.54. The molecule has 5 aromatic carbocycles. The lowest BCUT2D eigenvalue weighted by molar-refractivity contribution is 0.960. The second kappa shape index (κ2) is 27.6. The van der Waals surface area contributed by atoms with E-state index in [1.807, 2.05) is 64.7 Å². The summed E-state index contributed by atoms with van der Waals surface area (Å²) < 4.78 is 3.62. The van der Waals surface area contributed by atoms with E-state index >= 15 is 0 Å². The number of anilines is 3. The van der Waals surface area contributed by atoms with Gasteiger partial charge in [-0.15, -0.1) is 19.9 Å². The van der Waals surface area contributed by atoms with Gasteiger partial charge in [-0.3, -0.25) is 4.57 Å². The van der Waals surface area contributed by atoms with Crippen molar-refractivity contribution in [2.75, 3.05) is 18.6 Å². The predicted octanol–water partition coefficient (Wildman–Crippen LogP) is 18.1. The van der Waals surface area contributed by atoms with Gasteiger partial charge < -0.3 is 10.6 Å². The van der Waals surface area contributed by atoms with Crippen LogP contribution in [0.5, 0.6) is 0 Å². The monoisotopic (exact) mass is 906 g/mol. The smallest absolute Gasteiger partial charge is 0.145 e. The zero-order chi connectivity index (χ0) is 47.8. The van der Waals surface area contributed by atoms with Crippen molar-refractivity contribution < 1.29 is 0 Å². The van der Waals surface area contributed by atoms with E-state index in [4.69, 9.17) is 4.98 Å². The number of benzene rings is 5. The summed E-state index contributed by atoms with van der Waals surface area (Å²) in [6.07, 6.45) is 20.4. The molecule has 8 rings (SSSR count). The van der Waals surface area contributed by atoms with Gasteiger partial charge in [0.25, 0.3) is 0 Å². The molecular formula is C60H67N4PS. The van der Waals surface area contributed by atoms with Gasteiger partial charge in [0.2, 0.25) is 0 Å². The van der Waals surface area contributed by atoms with Crippen LogP contribution in [0.2, 0.25) is 0 Å². The maximum absolute atomic E-state index is 5.14. The topological polar surface area (TPSA) is 47.1 Å². The first-order valence-electron chi connectivity index (χ1n) is 22.7. The van der Waals surface area contributed by atoms with Crippen molar-refractivity contribution in [3.05, 3.63) is 230 Å². The Balaban J connectivity index is 0.000000883. The van der Waals surface area contributed by atoms with Gasteiger partial charge in [-0.2, -0.15) is 0 Å². The normalized spacial score (nSPS) is 12.2. The molecule has 6 heteroatoms. The molecule has 338 valence electrons. The predicted molar refractivity (Wildman–Crippen MR) is 301 cm³/mol. The molecule has 0 fully saturated rings. The lowest BCUT2D eigenvalue weighted by Crippen LogP contribution is -2.10. The number of hydrogen-bond acceptors (Lipinski definition) is 4. The van der Waals surface area contributed by atoms with Crippen molar-refractivity contribution in [2.45, 2.75) is 47.5 Å². The molecule has 0 spiro atoms. The molecule has 2 heterocycles.